The average Bonchev–Trinajstić information content (AvgIpc) is 2.93. The maximum absolute atomic E-state index is 14.1. The Kier molecular flexibility index (Phi) is 11.6. The number of hydrogen-bond donors (Lipinski definition) is 2. The van der Waals surface area contributed by atoms with Crippen molar-refractivity contribution in [1.82, 2.24) is 9.80 Å². The highest BCUT2D eigenvalue weighted by molar-refractivity contribution is 7.92. The molecule has 2 aromatic rings. The number of nitrogens with one attached hydrogen (secondary N) is 1. The molecule has 2 amide bonds. The number of likely N-dealkylation sites (N-methyl/N-ethyl adjacent to an activating group) is 1. The zero-order valence-corrected chi connectivity index (χ0v) is 25.4. The van der Waals surface area contributed by atoms with Crippen LogP contribution in [0.15, 0.2) is 48.5 Å². The number of ether oxygens (including phenoxy) is 2. The smallest absolute Gasteiger partial charge is 0.258 e. The van der Waals surface area contributed by atoms with Gasteiger partial charge in [-0.25, -0.2) is 8.42 Å². The predicted molar refractivity (Wildman–Crippen MR) is 159 cm³/mol. The molecule has 0 unspecified atom stereocenters. The number of aliphatic hydroxyl groups excluding tert-OH is 1. The van der Waals surface area contributed by atoms with Gasteiger partial charge in [0.15, 0.2) is 0 Å². The molecule has 0 fully saturated rings. The van der Waals surface area contributed by atoms with Crippen molar-refractivity contribution in [2.45, 2.75) is 58.3 Å². The number of amides is 2. The van der Waals surface area contributed by atoms with Gasteiger partial charge in [-0.15, -0.1) is 0 Å². The summed E-state index contributed by atoms with van der Waals surface area (Å²) in [5.74, 6) is -0.379. The zero-order valence-electron chi connectivity index (χ0n) is 24.6. The van der Waals surface area contributed by atoms with Gasteiger partial charge < -0.3 is 24.4 Å². The third-order valence-electron chi connectivity index (χ3n) is 7.18. The first-order valence-electron chi connectivity index (χ1n) is 14.0. The van der Waals surface area contributed by atoms with Gasteiger partial charge >= 0.3 is 0 Å². The second kappa shape index (κ2) is 14.7. The molecule has 1 aliphatic heterocycles. The van der Waals surface area contributed by atoms with Gasteiger partial charge in [-0.3, -0.25) is 14.3 Å². The van der Waals surface area contributed by atoms with Gasteiger partial charge in [0.2, 0.25) is 10.0 Å². The third kappa shape index (κ3) is 9.44. The minimum absolute atomic E-state index is 0.122. The van der Waals surface area contributed by atoms with E-state index in [0.717, 1.165) is 25.5 Å². The molecule has 0 saturated carbocycles. The van der Waals surface area contributed by atoms with Crippen LogP contribution in [-0.4, -0.2) is 93.0 Å². The number of hydrogen-bond acceptors (Lipinski definition) is 7. The normalized spacial score (nSPS) is 21.7. The van der Waals surface area contributed by atoms with Crippen LogP contribution in [-0.2, 0) is 14.8 Å². The minimum atomic E-state index is -3.57. The van der Waals surface area contributed by atoms with E-state index in [-0.39, 0.29) is 48.4 Å². The van der Waals surface area contributed by atoms with Crippen LogP contribution in [0.3, 0.4) is 0 Å². The van der Waals surface area contributed by atoms with E-state index < -0.39 is 22.0 Å². The van der Waals surface area contributed by atoms with E-state index in [1.165, 1.54) is 6.07 Å². The molecule has 1 heterocycles. The lowest BCUT2D eigenvalue weighted by Crippen LogP contribution is -2.48. The molecule has 0 bridgehead atoms. The molecule has 0 saturated heterocycles. The number of fused-ring (bicyclic) bond motifs is 1. The van der Waals surface area contributed by atoms with Crippen LogP contribution in [0.5, 0.6) is 5.75 Å². The van der Waals surface area contributed by atoms with Crippen LogP contribution in [0.25, 0.3) is 0 Å². The van der Waals surface area contributed by atoms with Crippen molar-refractivity contribution < 1.29 is 32.6 Å². The van der Waals surface area contributed by atoms with E-state index in [9.17, 15) is 23.1 Å². The number of anilines is 1. The quantitative estimate of drug-likeness (QED) is 0.505. The maximum Gasteiger partial charge on any atom is 0.258 e. The Hall–Kier alpha value is -3.15. The summed E-state index contributed by atoms with van der Waals surface area (Å²) >= 11 is 0. The summed E-state index contributed by atoms with van der Waals surface area (Å²) < 4.78 is 38.7. The topological polar surface area (TPSA) is 125 Å². The van der Waals surface area contributed by atoms with Crippen molar-refractivity contribution in [2.24, 2.45) is 5.92 Å². The molecule has 41 heavy (non-hydrogen) atoms. The first-order chi connectivity index (χ1) is 19.4. The van der Waals surface area contributed by atoms with Crippen molar-refractivity contribution in [2.75, 3.05) is 44.3 Å². The van der Waals surface area contributed by atoms with Crippen molar-refractivity contribution in [1.29, 1.82) is 0 Å². The number of rotatable bonds is 7. The Morgan fingerprint density at radius 1 is 1.17 bits per heavy atom. The Morgan fingerprint density at radius 2 is 1.88 bits per heavy atom. The first kappa shape index (κ1) is 32.4. The maximum atomic E-state index is 14.1. The molecular weight excluding hydrogens is 546 g/mol. The second-order valence-corrected chi connectivity index (χ2v) is 12.7. The lowest BCUT2D eigenvalue weighted by Gasteiger charge is -2.36. The lowest BCUT2D eigenvalue weighted by molar-refractivity contribution is -0.0149. The number of aliphatic hydroxyl groups is 1. The molecule has 226 valence electrons. The van der Waals surface area contributed by atoms with Gasteiger partial charge in [0, 0.05) is 43.9 Å². The molecule has 10 nitrogen and oxygen atoms in total. The van der Waals surface area contributed by atoms with Gasteiger partial charge in [-0.05, 0) is 63.4 Å². The van der Waals surface area contributed by atoms with Gasteiger partial charge in [0.1, 0.15) is 5.75 Å². The fraction of sp³-hybridized carbons (Fsp3) is 0.533. The van der Waals surface area contributed by atoms with Gasteiger partial charge in [0.25, 0.3) is 11.8 Å². The predicted octanol–water partition coefficient (Wildman–Crippen LogP) is 3.63. The summed E-state index contributed by atoms with van der Waals surface area (Å²) in [6, 6.07) is 13.1. The van der Waals surface area contributed by atoms with E-state index in [0.29, 0.717) is 24.5 Å². The highest BCUT2D eigenvalue weighted by Crippen LogP contribution is 2.29. The highest BCUT2D eigenvalue weighted by atomic mass is 32.2. The summed E-state index contributed by atoms with van der Waals surface area (Å²) in [5, 5.41) is 10.1. The van der Waals surface area contributed by atoms with Crippen LogP contribution in [0.2, 0.25) is 0 Å². The second-order valence-electron chi connectivity index (χ2n) is 10.9. The fourth-order valence-corrected chi connectivity index (χ4v) is 5.37. The molecule has 0 radical (unpaired) electrons. The van der Waals surface area contributed by atoms with Crippen LogP contribution in [0, 0.1) is 5.92 Å². The number of sulfonamides is 1. The summed E-state index contributed by atoms with van der Waals surface area (Å²) in [6.45, 7) is 6.41. The number of carbonyl (C=O) groups excluding carboxylic acids is 2. The van der Waals surface area contributed by atoms with E-state index in [2.05, 4.69) is 4.72 Å². The molecule has 1 aliphatic rings. The Labute approximate surface area is 243 Å². The standard InChI is InChI=1S/C30H43N3O7S/c1-21-18-33(22(2)20-34)30(36)26-17-25(31-41(5,37)38)14-15-27(26)40-23(3)11-9-10-16-39-28(21)19-32(4)29(35)24-12-7-6-8-13-24/h6-8,12-15,17,21-23,28,31,34H,9-11,16,18-20H2,1-5H3/t21-,22+,23+,28+/m1/s1. The lowest BCUT2D eigenvalue weighted by atomic mass is 10.0. The van der Waals surface area contributed by atoms with E-state index in [1.54, 1.807) is 48.0 Å². The summed E-state index contributed by atoms with van der Waals surface area (Å²) in [6.07, 6.45) is 2.83. The molecule has 3 rings (SSSR count). The average molecular weight is 590 g/mol. The van der Waals surface area contributed by atoms with Crippen LogP contribution in [0.4, 0.5) is 5.69 Å². The van der Waals surface area contributed by atoms with Crippen LogP contribution < -0.4 is 9.46 Å². The van der Waals surface area contributed by atoms with E-state index in [4.69, 9.17) is 9.47 Å². The van der Waals surface area contributed by atoms with Gasteiger partial charge in [-0.1, -0.05) is 25.1 Å². The molecule has 2 aromatic carbocycles. The number of nitrogens with zero attached hydrogens (tertiary/aromatic N) is 2. The molecule has 11 heteroatoms. The summed E-state index contributed by atoms with van der Waals surface area (Å²) in [7, 11) is -1.84. The molecule has 0 aromatic heterocycles. The minimum Gasteiger partial charge on any atom is -0.490 e. The van der Waals surface area contributed by atoms with Crippen molar-refractivity contribution in [3.05, 3.63) is 59.7 Å². The molecule has 0 aliphatic carbocycles. The van der Waals surface area contributed by atoms with Gasteiger partial charge in [-0.2, -0.15) is 0 Å². The summed E-state index contributed by atoms with van der Waals surface area (Å²) in [4.78, 5) is 30.3. The molecule has 2 N–H and O–H groups in total. The largest absolute Gasteiger partial charge is 0.490 e. The highest BCUT2D eigenvalue weighted by Gasteiger charge is 2.31. The Bertz CT molecular complexity index is 1270. The third-order valence-corrected chi connectivity index (χ3v) is 7.78. The van der Waals surface area contributed by atoms with Crippen LogP contribution in [0.1, 0.15) is 60.7 Å². The monoisotopic (exact) mass is 589 g/mol. The molecule has 4 atom stereocenters. The SMILES string of the molecule is C[C@@H]1CN([C@@H](C)CO)C(=O)c2cc(NS(C)(=O)=O)ccc2O[C@@H](C)CCCCO[C@H]1CN(C)C(=O)c1ccccc1. The fourth-order valence-electron chi connectivity index (χ4n) is 4.82. The molecule has 0 spiro atoms. The first-order valence-corrected chi connectivity index (χ1v) is 15.9. The van der Waals surface area contributed by atoms with Crippen molar-refractivity contribution >= 4 is 27.5 Å². The Morgan fingerprint density at radius 3 is 2.54 bits per heavy atom. The van der Waals surface area contributed by atoms with Crippen molar-refractivity contribution in [3.8, 4) is 5.75 Å². The zero-order chi connectivity index (χ0) is 30.2. The van der Waals surface area contributed by atoms with Gasteiger partial charge in [0.05, 0.1) is 36.7 Å². The van der Waals surface area contributed by atoms with Crippen LogP contribution >= 0.6 is 0 Å². The van der Waals surface area contributed by atoms with Crippen molar-refractivity contribution in [3.63, 3.8) is 0 Å². The molecular formula is C30H43N3O7S. The Balaban J connectivity index is 1.95. The van der Waals surface area contributed by atoms with E-state index in [1.807, 2.05) is 32.0 Å². The van der Waals surface area contributed by atoms with E-state index >= 15 is 0 Å². The summed E-state index contributed by atoms with van der Waals surface area (Å²) in [5.41, 5.74) is 1.02. The number of benzene rings is 2. The number of carbonyl (C=O) groups is 2.